The molecular weight excluding hydrogens is 226 g/mol. The number of unbranched alkanes of at least 4 members (excludes halogenated alkanes) is 1. The molecule has 0 radical (unpaired) electrons. The van der Waals surface area contributed by atoms with Crippen molar-refractivity contribution >= 4 is 0 Å². The van der Waals surface area contributed by atoms with Crippen molar-refractivity contribution in [2.45, 2.75) is 58.9 Å². The minimum Gasteiger partial charge on any atom is -0.338 e. The second-order valence-corrected chi connectivity index (χ2v) is 5.57. The van der Waals surface area contributed by atoms with Gasteiger partial charge in [0, 0.05) is 13.0 Å². The third-order valence-corrected chi connectivity index (χ3v) is 3.83. The maximum atomic E-state index is 5.41. The van der Waals surface area contributed by atoms with Gasteiger partial charge in [0.15, 0.2) is 5.82 Å². The molecule has 1 aliphatic heterocycles. The average molecular weight is 251 g/mol. The van der Waals surface area contributed by atoms with Crippen LogP contribution in [0.4, 0.5) is 0 Å². The molecule has 0 aliphatic carbocycles. The molecule has 18 heavy (non-hydrogen) atoms. The number of nitrogens with zero attached hydrogens (tertiary/aromatic N) is 3. The summed E-state index contributed by atoms with van der Waals surface area (Å²) in [7, 11) is 0. The summed E-state index contributed by atoms with van der Waals surface area (Å²) in [4.78, 5) is 6.99. The molecule has 1 aromatic rings. The third kappa shape index (κ3) is 3.31. The number of piperidine rings is 1. The zero-order chi connectivity index (χ0) is 13.0. The zero-order valence-electron chi connectivity index (χ0n) is 11.9. The summed E-state index contributed by atoms with van der Waals surface area (Å²) in [6, 6.07) is 0.260. The van der Waals surface area contributed by atoms with Gasteiger partial charge in [-0.2, -0.15) is 4.98 Å². The van der Waals surface area contributed by atoms with Crippen LogP contribution < -0.4 is 0 Å². The van der Waals surface area contributed by atoms with E-state index in [1.54, 1.807) is 0 Å². The van der Waals surface area contributed by atoms with Crippen LogP contribution in [0.25, 0.3) is 0 Å². The average Bonchev–Trinajstić information content (AvgIpc) is 2.84. The molecule has 4 heteroatoms. The monoisotopic (exact) mass is 251 g/mol. The SMILES string of the molecule is CCCCc1noc(C(C)N2CCCC(C)C2)n1. The molecule has 102 valence electrons. The van der Waals surface area contributed by atoms with Gasteiger partial charge in [0.2, 0.25) is 5.89 Å². The maximum absolute atomic E-state index is 5.41. The summed E-state index contributed by atoms with van der Waals surface area (Å²) in [6.07, 6.45) is 5.86. The van der Waals surface area contributed by atoms with E-state index in [2.05, 4.69) is 35.8 Å². The first-order valence-corrected chi connectivity index (χ1v) is 7.27. The number of aryl methyl sites for hydroxylation is 1. The van der Waals surface area contributed by atoms with Crippen molar-refractivity contribution in [3.63, 3.8) is 0 Å². The molecule has 0 saturated carbocycles. The van der Waals surface area contributed by atoms with E-state index in [1.165, 1.54) is 19.3 Å². The summed E-state index contributed by atoms with van der Waals surface area (Å²) in [5.74, 6) is 2.43. The molecule has 2 atom stereocenters. The van der Waals surface area contributed by atoms with Gasteiger partial charge in [-0.1, -0.05) is 25.4 Å². The normalized spacial score (nSPS) is 23.2. The second kappa shape index (κ2) is 6.32. The Hall–Kier alpha value is -0.900. The molecule has 0 aromatic carbocycles. The van der Waals surface area contributed by atoms with Crippen molar-refractivity contribution in [1.29, 1.82) is 0 Å². The summed E-state index contributed by atoms with van der Waals surface area (Å²) in [6.45, 7) is 8.97. The lowest BCUT2D eigenvalue weighted by atomic mass is 9.99. The van der Waals surface area contributed by atoms with Gasteiger partial charge < -0.3 is 4.52 Å². The van der Waals surface area contributed by atoms with E-state index in [-0.39, 0.29) is 6.04 Å². The number of aromatic nitrogens is 2. The fraction of sp³-hybridized carbons (Fsp3) is 0.857. The van der Waals surface area contributed by atoms with E-state index >= 15 is 0 Å². The molecular formula is C14H25N3O. The molecule has 1 saturated heterocycles. The molecule has 0 amide bonds. The highest BCUT2D eigenvalue weighted by Gasteiger charge is 2.25. The van der Waals surface area contributed by atoms with Gasteiger partial charge >= 0.3 is 0 Å². The van der Waals surface area contributed by atoms with Crippen LogP contribution in [0.5, 0.6) is 0 Å². The predicted octanol–water partition coefficient (Wildman–Crippen LogP) is 3.21. The lowest BCUT2D eigenvalue weighted by molar-refractivity contribution is 0.117. The minimum absolute atomic E-state index is 0.260. The first kappa shape index (κ1) is 13.5. The summed E-state index contributed by atoms with van der Waals surface area (Å²) in [5.41, 5.74) is 0. The Kier molecular flexibility index (Phi) is 4.75. The highest BCUT2D eigenvalue weighted by atomic mass is 16.5. The molecule has 0 bridgehead atoms. The van der Waals surface area contributed by atoms with Crippen LogP contribution in [0.2, 0.25) is 0 Å². The molecule has 2 rings (SSSR count). The Morgan fingerprint density at radius 2 is 2.33 bits per heavy atom. The van der Waals surface area contributed by atoms with Crippen molar-refractivity contribution < 1.29 is 4.52 Å². The summed E-state index contributed by atoms with van der Waals surface area (Å²) < 4.78 is 5.41. The van der Waals surface area contributed by atoms with Crippen LogP contribution in [0, 0.1) is 5.92 Å². The van der Waals surface area contributed by atoms with Crippen LogP contribution in [-0.4, -0.2) is 28.1 Å². The van der Waals surface area contributed by atoms with E-state index in [4.69, 9.17) is 4.52 Å². The molecule has 0 N–H and O–H groups in total. The Morgan fingerprint density at radius 3 is 3.06 bits per heavy atom. The van der Waals surface area contributed by atoms with Crippen molar-refractivity contribution in [2.24, 2.45) is 5.92 Å². The van der Waals surface area contributed by atoms with Gasteiger partial charge in [-0.15, -0.1) is 0 Å². The Balaban J connectivity index is 1.95. The lowest BCUT2D eigenvalue weighted by Gasteiger charge is -2.33. The van der Waals surface area contributed by atoms with Crippen molar-refractivity contribution in [3.8, 4) is 0 Å². The third-order valence-electron chi connectivity index (χ3n) is 3.83. The molecule has 2 heterocycles. The molecule has 0 spiro atoms. The number of hydrogen-bond acceptors (Lipinski definition) is 4. The second-order valence-electron chi connectivity index (χ2n) is 5.57. The fourth-order valence-corrected chi connectivity index (χ4v) is 2.61. The van der Waals surface area contributed by atoms with Crippen LogP contribution in [-0.2, 0) is 6.42 Å². The van der Waals surface area contributed by atoms with Gasteiger partial charge in [0.1, 0.15) is 0 Å². The molecule has 1 aliphatic rings. The highest BCUT2D eigenvalue weighted by molar-refractivity contribution is 4.93. The van der Waals surface area contributed by atoms with E-state index in [1.807, 2.05) is 0 Å². The summed E-state index contributed by atoms with van der Waals surface area (Å²) >= 11 is 0. The van der Waals surface area contributed by atoms with Crippen LogP contribution >= 0.6 is 0 Å². The van der Waals surface area contributed by atoms with Crippen LogP contribution in [0.1, 0.15) is 64.2 Å². The van der Waals surface area contributed by atoms with Crippen LogP contribution in [0.15, 0.2) is 4.52 Å². The topological polar surface area (TPSA) is 42.2 Å². The first-order valence-electron chi connectivity index (χ1n) is 7.27. The predicted molar refractivity (Wildman–Crippen MR) is 71.3 cm³/mol. The van der Waals surface area contributed by atoms with E-state index < -0.39 is 0 Å². The van der Waals surface area contributed by atoms with Crippen molar-refractivity contribution in [3.05, 3.63) is 11.7 Å². The molecule has 1 aromatic heterocycles. The Bertz CT molecular complexity index is 364. The van der Waals surface area contributed by atoms with Gasteiger partial charge in [0.25, 0.3) is 0 Å². The minimum atomic E-state index is 0.260. The molecule has 4 nitrogen and oxygen atoms in total. The standard InChI is InChI=1S/C14H25N3O/c1-4-5-8-13-15-14(18-16-13)12(3)17-9-6-7-11(2)10-17/h11-12H,4-10H2,1-3H3. The zero-order valence-corrected chi connectivity index (χ0v) is 11.9. The molecule has 2 unspecified atom stereocenters. The highest BCUT2D eigenvalue weighted by Crippen LogP contribution is 2.25. The fourth-order valence-electron chi connectivity index (χ4n) is 2.61. The van der Waals surface area contributed by atoms with Crippen molar-refractivity contribution in [1.82, 2.24) is 15.0 Å². The maximum Gasteiger partial charge on any atom is 0.243 e. The largest absolute Gasteiger partial charge is 0.338 e. The number of likely N-dealkylation sites (tertiary alicyclic amines) is 1. The molecule has 1 fully saturated rings. The van der Waals surface area contributed by atoms with E-state index in [0.717, 1.165) is 43.6 Å². The quantitative estimate of drug-likeness (QED) is 0.806. The van der Waals surface area contributed by atoms with Crippen molar-refractivity contribution in [2.75, 3.05) is 13.1 Å². The van der Waals surface area contributed by atoms with Gasteiger partial charge in [-0.25, -0.2) is 0 Å². The number of hydrogen-bond donors (Lipinski definition) is 0. The van der Waals surface area contributed by atoms with E-state index in [9.17, 15) is 0 Å². The summed E-state index contributed by atoms with van der Waals surface area (Å²) in [5, 5.41) is 4.08. The van der Waals surface area contributed by atoms with E-state index in [0.29, 0.717) is 0 Å². The van der Waals surface area contributed by atoms with Gasteiger partial charge in [-0.3, -0.25) is 4.90 Å². The van der Waals surface area contributed by atoms with Crippen LogP contribution in [0.3, 0.4) is 0 Å². The Morgan fingerprint density at radius 1 is 1.50 bits per heavy atom. The number of rotatable bonds is 5. The smallest absolute Gasteiger partial charge is 0.243 e. The lowest BCUT2D eigenvalue weighted by Crippen LogP contribution is -2.36. The Labute approximate surface area is 110 Å². The van der Waals surface area contributed by atoms with Gasteiger partial charge in [-0.05, 0) is 38.6 Å². The van der Waals surface area contributed by atoms with Gasteiger partial charge in [0.05, 0.1) is 6.04 Å². The first-order chi connectivity index (χ1) is 8.70.